The number of rotatable bonds is 6. The third kappa shape index (κ3) is 5.56. The summed E-state index contributed by atoms with van der Waals surface area (Å²) in [5, 5.41) is 0. The van der Waals surface area contributed by atoms with Gasteiger partial charge in [0.05, 0.1) is 11.4 Å². The summed E-state index contributed by atoms with van der Waals surface area (Å²) in [6.45, 7) is 4.74. The van der Waals surface area contributed by atoms with Crippen LogP contribution in [0.25, 0.3) is 5.69 Å². The van der Waals surface area contributed by atoms with Gasteiger partial charge in [0.2, 0.25) is 5.78 Å². The third-order valence-electron chi connectivity index (χ3n) is 4.42. The monoisotopic (exact) mass is 510 g/mol. The number of hydrogen-bond donors (Lipinski definition) is 0. The van der Waals surface area contributed by atoms with Crippen LogP contribution in [-0.2, 0) is 9.53 Å². The molecule has 0 N–H and O–H groups in total. The molecule has 6 nitrogen and oxygen atoms in total. The average molecular weight is 511 g/mol. The number of esters is 1. The summed E-state index contributed by atoms with van der Waals surface area (Å²) in [5.74, 6) is -1.07. The van der Waals surface area contributed by atoms with Gasteiger partial charge in [-0.05, 0) is 44.2 Å². The smallest absolute Gasteiger partial charge is 0.449 e. The second kappa shape index (κ2) is 9.15. The molecule has 0 fully saturated rings. The predicted molar refractivity (Wildman–Crippen MR) is 113 cm³/mol. The highest BCUT2D eigenvalue weighted by atomic mass is 79.9. The molecule has 0 aliphatic carbocycles. The average Bonchev–Trinajstić information content (AvgIpc) is 3.03. The standard InChI is InChI=1S/C22H18BrF3N2O4/c1-12-11-28(13(2)27-12)19-9-6-16(23)10-18(19)20(30)21(31-14(3)29)15-4-7-17(8-5-15)32-22(24,25)26/h4-11,21H,1-3H3. The number of ketones is 1. The van der Waals surface area contributed by atoms with Gasteiger partial charge in [0.1, 0.15) is 11.6 Å². The minimum Gasteiger partial charge on any atom is -0.449 e. The van der Waals surface area contributed by atoms with Crippen LogP contribution in [0.5, 0.6) is 5.75 Å². The number of nitrogens with zero attached hydrogens (tertiary/aromatic N) is 2. The maximum absolute atomic E-state index is 13.5. The van der Waals surface area contributed by atoms with Gasteiger partial charge in [-0.2, -0.15) is 0 Å². The molecule has 1 heterocycles. The molecule has 0 aliphatic heterocycles. The quantitative estimate of drug-likeness (QED) is 0.317. The van der Waals surface area contributed by atoms with Gasteiger partial charge in [0.15, 0.2) is 6.10 Å². The first kappa shape index (κ1) is 23.5. The Morgan fingerprint density at radius 1 is 1.09 bits per heavy atom. The highest BCUT2D eigenvalue weighted by Gasteiger charge is 2.32. The zero-order valence-corrected chi connectivity index (χ0v) is 18.8. The van der Waals surface area contributed by atoms with E-state index in [4.69, 9.17) is 4.74 Å². The number of aryl methyl sites for hydroxylation is 2. The minimum absolute atomic E-state index is 0.198. The summed E-state index contributed by atoms with van der Waals surface area (Å²) in [5.41, 5.74) is 1.71. The lowest BCUT2D eigenvalue weighted by atomic mass is 9.98. The maximum atomic E-state index is 13.5. The fraction of sp³-hybridized carbons (Fsp3) is 0.227. The summed E-state index contributed by atoms with van der Waals surface area (Å²) in [7, 11) is 0. The van der Waals surface area contributed by atoms with Crippen molar-refractivity contribution >= 4 is 27.7 Å². The molecular weight excluding hydrogens is 493 g/mol. The summed E-state index contributed by atoms with van der Waals surface area (Å²) >= 11 is 3.35. The number of ether oxygens (including phenoxy) is 2. The number of imidazole rings is 1. The molecule has 3 rings (SSSR count). The van der Waals surface area contributed by atoms with Gasteiger partial charge in [0, 0.05) is 28.7 Å². The number of carbonyl (C=O) groups excluding carboxylic acids is 2. The van der Waals surface area contributed by atoms with Crippen molar-refractivity contribution in [2.24, 2.45) is 0 Å². The van der Waals surface area contributed by atoms with E-state index in [-0.39, 0.29) is 11.1 Å². The molecule has 1 atom stereocenters. The predicted octanol–water partition coefficient (Wildman–Crippen LogP) is 5.64. The highest BCUT2D eigenvalue weighted by molar-refractivity contribution is 9.10. The Balaban J connectivity index is 2.05. The summed E-state index contributed by atoms with van der Waals surface area (Å²) in [4.78, 5) is 29.6. The summed E-state index contributed by atoms with van der Waals surface area (Å²) < 4.78 is 48.8. The van der Waals surface area contributed by atoms with Crippen molar-refractivity contribution in [3.8, 4) is 11.4 Å². The van der Waals surface area contributed by atoms with E-state index >= 15 is 0 Å². The van der Waals surface area contributed by atoms with Crippen LogP contribution in [0.3, 0.4) is 0 Å². The first-order valence-electron chi connectivity index (χ1n) is 9.34. The van der Waals surface area contributed by atoms with Gasteiger partial charge in [-0.15, -0.1) is 13.2 Å². The van der Waals surface area contributed by atoms with E-state index in [9.17, 15) is 22.8 Å². The van der Waals surface area contributed by atoms with Gasteiger partial charge in [-0.1, -0.05) is 28.1 Å². The van der Waals surface area contributed by atoms with Gasteiger partial charge < -0.3 is 14.0 Å². The second-order valence-corrected chi connectivity index (χ2v) is 7.85. The summed E-state index contributed by atoms with van der Waals surface area (Å²) in [6.07, 6.45) is -4.46. The van der Waals surface area contributed by atoms with E-state index < -0.39 is 30.0 Å². The number of benzene rings is 2. The minimum atomic E-state index is -4.85. The molecule has 0 radical (unpaired) electrons. The molecular formula is C22H18BrF3N2O4. The van der Waals surface area contributed by atoms with Crippen LogP contribution >= 0.6 is 15.9 Å². The number of halogens is 4. The van der Waals surface area contributed by atoms with Crippen molar-refractivity contribution in [2.75, 3.05) is 0 Å². The van der Waals surface area contributed by atoms with E-state index in [1.54, 1.807) is 35.9 Å². The molecule has 0 saturated carbocycles. The molecule has 1 aromatic heterocycles. The van der Waals surface area contributed by atoms with Crippen LogP contribution in [0.15, 0.2) is 53.1 Å². The molecule has 3 aromatic rings. The fourth-order valence-electron chi connectivity index (χ4n) is 3.20. The highest BCUT2D eigenvalue weighted by Crippen LogP contribution is 2.31. The lowest BCUT2D eigenvalue weighted by Crippen LogP contribution is -2.21. The number of aromatic nitrogens is 2. The molecule has 32 heavy (non-hydrogen) atoms. The van der Waals surface area contributed by atoms with Crippen LogP contribution in [0.2, 0.25) is 0 Å². The largest absolute Gasteiger partial charge is 0.573 e. The van der Waals surface area contributed by atoms with Crippen molar-refractivity contribution in [2.45, 2.75) is 33.2 Å². The normalized spacial score (nSPS) is 12.3. The topological polar surface area (TPSA) is 70.4 Å². The van der Waals surface area contributed by atoms with Crippen molar-refractivity contribution in [3.05, 3.63) is 75.8 Å². The molecule has 0 amide bonds. The Labute approximate surface area is 190 Å². The molecule has 0 bridgehead atoms. The lowest BCUT2D eigenvalue weighted by Gasteiger charge is -2.19. The van der Waals surface area contributed by atoms with Crippen molar-refractivity contribution in [1.82, 2.24) is 9.55 Å². The van der Waals surface area contributed by atoms with Crippen LogP contribution in [-0.4, -0.2) is 27.7 Å². The van der Waals surface area contributed by atoms with Crippen LogP contribution in [0, 0.1) is 13.8 Å². The third-order valence-corrected chi connectivity index (χ3v) is 4.92. The van der Waals surface area contributed by atoms with E-state index in [0.717, 1.165) is 24.8 Å². The van der Waals surface area contributed by atoms with Gasteiger partial charge >= 0.3 is 12.3 Å². The molecule has 168 valence electrons. The Morgan fingerprint density at radius 3 is 2.28 bits per heavy atom. The molecule has 0 spiro atoms. The van der Waals surface area contributed by atoms with E-state index in [2.05, 4.69) is 25.7 Å². The second-order valence-electron chi connectivity index (χ2n) is 6.93. The molecule has 0 saturated heterocycles. The summed E-state index contributed by atoms with van der Waals surface area (Å²) in [6, 6.07) is 9.66. The SMILES string of the molecule is CC(=O)OC(C(=O)c1cc(Br)ccc1-n1cc(C)nc1C)c1ccc(OC(F)(F)F)cc1. The van der Waals surface area contributed by atoms with Gasteiger partial charge in [-0.25, -0.2) is 4.98 Å². The maximum Gasteiger partial charge on any atom is 0.573 e. The Kier molecular flexibility index (Phi) is 6.73. The lowest BCUT2D eigenvalue weighted by molar-refractivity contribution is -0.274. The van der Waals surface area contributed by atoms with Gasteiger partial charge in [-0.3, -0.25) is 9.59 Å². The Hall–Kier alpha value is -3.14. The van der Waals surface area contributed by atoms with E-state index in [1.807, 2.05) is 6.92 Å². The van der Waals surface area contributed by atoms with E-state index in [1.165, 1.54) is 12.1 Å². The zero-order valence-electron chi connectivity index (χ0n) is 17.2. The van der Waals surface area contributed by atoms with Crippen LogP contribution in [0.1, 0.15) is 40.5 Å². The fourth-order valence-corrected chi connectivity index (χ4v) is 3.56. The zero-order chi connectivity index (χ0) is 23.6. The Morgan fingerprint density at radius 2 is 1.75 bits per heavy atom. The number of carbonyl (C=O) groups is 2. The van der Waals surface area contributed by atoms with Crippen molar-refractivity contribution in [1.29, 1.82) is 0 Å². The number of hydrogen-bond acceptors (Lipinski definition) is 5. The van der Waals surface area contributed by atoms with Crippen molar-refractivity contribution in [3.63, 3.8) is 0 Å². The van der Waals surface area contributed by atoms with Gasteiger partial charge in [0.25, 0.3) is 0 Å². The number of alkyl halides is 3. The molecule has 0 aliphatic rings. The van der Waals surface area contributed by atoms with E-state index in [0.29, 0.717) is 16.0 Å². The molecule has 2 aromatic carbocycles. The molecule has 1 unspecified atom stereocenters. The first-order chi connectivity index (χ1) is 14.9. The molecule has 10 heteroatoms. The first-order valence-corrected chi connectivity index (χ1v) is 10.1. The van der Waals surface area contributed by atoms with Crippen LogP contribution in [0.4, 0.5) is 13.2 Å². The Bertz CT molecular complexity index is 1160. The number of Topliss-reactive ketones (excluding diaryl/α,β-unsaturated/α-hetero) is 1. The van der Waals surface area contributed by atoms with Crippen LogP contribution < -0.4 is 4.74 Å². The van der Waals surface area contributed by atoms with Crippen molar-refractivity contribution < 1.29 is 32.2 Å².